The number of aldehydes is 1. The van der Waals surface area contributed by atoms with Crippen molar-refractivity contribution in [3.63, 3.8) is 0 Å². The summed E-state index contributed by atoms with van der Waals surface area (Å²) >= 11 is 0. The molecule has 1 aromatic carbocycles. The second-order valence-corrected chi connectivity index (χ2v) is 4.65. The minimum absolute atomic E-state index is 0.119. The van der Waals surface area contributed by atoms with Crippen molar-refractivity contribution < 1.29 is 18.6 Å². The molecule has 0 radical (unpaired) electrons. The van der Waals surface area contributed by atoms with E-state index in [9.17, 15) is 19.3 Å². The number of hydrogen-bond acceptors (Lipinski definition) is 5. The summed E-state index contributed by atoms with van der Waals surface area (Å²) in [4.78, 5) is 21.3. The van der Waals surface area contributed by atoms with Gasteiger partial charge in [-0.2, -0.15) is 0 Å². The normalized spacial score (nSPS) is 12.1. The number of halogens is 1. The number of rotatable bonds is 6. The van der Waals surface area contributed by atoms with Crippen LogP contribution in [0.4, 0.5) is 10.1 Å². The summed E-state index contributed by atoms with van der Waals surface area (Å²) in [5, 5.41) is 14.6. The second-order valence-electron chi connectivity index (χ2n) is 4.65. The van der Waals surface area contributed by atoms with Gasteiger partial charge in [0.15, 0.2) is 5.69 Å². The molecule has 0 spiro atoms. The monoisotopic (exact) mass is 292 g/mol. The van der Waals surface area contributed by atoms with E-state index >= 15 is 0 Å². The quantitative estimate of drug-likeness (QED) is 0.464. The zero-order valence-electron chi connectivity index (χ0n) is 11.3. The van der Waals surface area contributed by atoms with Gasteiger partial charge in [-0.05, 0) is 30.5 Å². The molecule has 1 atom stereocenters. The van der Waals surface area contributed by atoms with Gasteiger partial charge in [0.05, 0.1) is 4.92 Å². The number of nitro groups is 1. The van der Waals surface area contributed by atoms with Gasteiger partial charge in [0.1, 0.15) is 12.1 Å². The van der Waals surface area contributed by atoms with Crippen molar-refractivity contribution in [3.05, 3.63) is 57.2 Å². The van der Waals surface area contributed by atoms with Crippen LogP contribution >= 0.6 is 0 Å². The molecule has 1 heterocycles. The highest BCUT2D eigenvalue weighted by atomic mass is 19.1. The molecule has 0 bridgehead atoms. The van der Waals surface area contributed by atoms with E-state index in [1.165, 1.54) is 19.1 Å². The summed E-state index contributed by atoms with van der Waals surface area (Å²) in [6.07, 6.45) is 1.03. The molecule has 2 aromatic rings. The SMILES string of the molecule is Cc1noc(C[C@H](CC=O)c2ccc(F)cc2)c1[N+](=O)[O-]. The standard InChI is InChI=1S/C14H13FN2O4/c1-9-14(17(19)20)13(21-16-9)8-11(6-7-18)10-2-4-12(15)5-3-10/h2-5,7,11H,6,8H2,1H3/t11-/m0/s1. The van der Waals surface area contributed by atoms with E-state index in [1.807, 2.05) is 0 Å². The number of carbonyl (C=O) groups is 1. The molecule has 0 unspecified atom stereocenters. The molecular weight excluding hydrogens is 279 g/mol. The van der Waals surface area contributed by atoms with Gasteiger partial charge in [-0.25, -0.2) is 4.39 Å². The maximum atomic E-state index is 12.9. The third-order valence-corrected chi connectivity index (χ3v) is 3.24. The Hall–Kier alpha value is -2.57. The zero-order chi connectivity index (χ0) is 15.4. The Labute approximate surface area is 119 Å². The predicted molar refractivity (Wildman–Crippen MR) is 71.4 cm³/mol. The number of carbonyl (C=O) groups excluding carboxylic acids is 1. The highest BCUT2D eigenvalue weighted by Gasteiger charge is 2.27. The van der Waals surface area contributed by atoms with Crippen LogP contribution in [0.25, 0.3) is 0 Å². The molecule has 7 heteroatoms. The maximum absolute atomic E-state index is 12.9. The van der Waals surface area contributed by atoms with E-state index in [2.05, 4.69) is 5.16 Å². The Balaban J connectivity index is 2.30. The van der Waals surface area contributed by atoms with Crippen molar-refractivity contribution in [2.45, 2.75) is 25.7 Å². The highest BCUT2D eigenvalue weighted by molar-refractivity contribution is 5.52. The number of nitrogens with zero attached hydrogens (tertiary/aromatic N) is 2. The summed E-state index contributed by atoms with van der Waals surface area (Å²) in [5.74, 6) is -0.590. The Morgan fingerprint density at radius 1 is 1.43 bits per heavy atom. The average molecular weight is 292 g/mol. The van der Waals surface area contributed by atoms with Crippen LogP contribution in [-0.2, 0) is 11.2 Å². The van der Waals surface area contributed by atoms with Crippen LogP contribution in [0, 0.1) is 22.9 Å². The van der Waals surface area contributed by atoms with Crippen LogP contribution in [0.3, 0.4) is 0 Å². The lowest BCUT2D eigenvalue weighted by molar-refractivity contribution is -0.386. The van der Waals surface area contributed by atoms with Gasteiger partial charge in [0.2, 0.25) is 5.76 Å². The van der Waals surface area contributed by atoms with Crippen molar-refractivity contribution in [1.29, 1.82) is 0 Å². The third-order valence-electron chi connectivity index (χ3n) is 3.24. The average Bonchev–Trinajstić information content (AvgIpc) is 2.80. The summed E-state index contributed by atoms with van der Waals surface area (Å²) < 4.78 is 17.9. The molecule has 110 valence electrons. The lowest BCUT2D eigenvalue weighted by Crippen LogP contribution is -2.05. The summed E-state index contributed by atoms with van der Waals surface area (Å²) in [5.41, 5.74) is 0.735. The van der Waals surface area contributed by atoms with E-state index in [1.54, 1.807) is 12.1 Å². The molecule has 21 heavy (non-hydrogen) atoms. The number of aryl methyl sites for hydroxylation is 1. The molecule has 0 aliphatic heterocycles. The lowest BCUT2D eigenvalue weighted by atomic mass is 9.91. The van der Waals surface area contributed by atoms with Gasteiger partial charge in [-0.15, -0.1) is 0 Å². The topological polar surface area (TPSA) is 86.2 Å². The Morgan fingerprint density at radius 3 is 2.67 bits per heavy atom. The summed E-state index contributed by atoms with van der Waals surface area (Å²) in [6.45, 7) is 1.48. The molecule has 2 rings (SSSR count). The zero-order valence-corrected chi connectivity index (χ0v) is 11.3. The molecule has 0 fully saturated rings. The van der Waals surface area contributed by atoms with Gasteiger partial charge >= 0.3 is 5.69 Å². The van der Waals surface area contributed by atoms with Crippen LogP contribution < -0.4 is 0 Å². The molecule has 0 N–H and O–H groups in total. The Kier molecular flexibility index (Phi) is 4.42. The van der Waals surface area contributed by atoms with Crippen LogP contribution in [-0.4, -0.2) is 16.4 Å². The number of benzene rings is 1. The van der Waals surface area contributed by atoms with Gasteiger partial charge in [-0.3, -0.25) is 10.1 Å². The van der Waals surface area contributed by atoms with Gasteiger partial charge in [0.25, 0.3) is 0 Å². The fourth-order valence-corrected chi connectivity index (χ4v) is 2.19. The number of aromatic nitrogens is 1. The van der Waals surface area contributed by atoms with Crippen LogP contribution in [0.2, 0.25) is 0 Å². The maximum Gasteiger partial charge on any atom is 0.334 e. The van der Waals surface area contributed by atoms with E-state index in [0.717, 1.165) is 6.29 Å². The van der Waals surface area contributed by atoms with Crippen molar-refractivity contribution in [3.8, 4) is 0 Å². The lowest BCUT2D eigenvalue weighted by Gasteiger charge is -2.12. The molecule has 1 aromatic heterocycles. The van der Waals surface area contributed by atoms with Crippen LogP contribution in [0.5, 0.6) is 0 Å². The fraction of sp³-hybridized carbons (Fsp3) is 0.286. The molecule has 0 aliphatic carbocycles. The third kappa shape index (κ3) is 3.31. The van der Waals surface area contributed by atoms with Crippen LogP contribution in [0.15, 0.2) is 28.8 Å². The first-order valence-electron chi connectivity index (χ1n) is 6.31. The first-order chi connectivity index (χ1) is 10.0. The van der Waals surface area contributed by atoms with Crippen molar-refractivity contribution in [2.24, 2.45) is 0 Å². The minimum atomic E-state index is -0.552. The molecule has 0 aliphatic rings. The van der Waals surface area contributed by atoms with E-state index < -0.39 is 4.92 Å². The van der Waals surface area contributed by atoms with E-state index in [4.69, 9.17) is 4.52 Å². The Bertz CT molecular complexity index is 651. The predicted octanol–water partition coefficient (Wildman–Crippen LogP) is 2.95. The molecule has 0 saturated carbocycles. The number of hydrogen-bond donors (Lipinski definition) is 0. The molecule has 6 nitrogen and oxygen atoms in total. The van der Waals surface area contributed by atoms with E-state index in [-0.39, 0.29) is 41.7 Å². The summed E-state index contributed by atoms with van der Waals surface area (Å²) in [6, 6.07) is 5.68. The van der Waals surface area contributed by atoms with Crippen molar-refractivity contribution in [2.75, 3.05) is 0 Å². The van der Waals surface area contributed by atoms with E-state index in [0.29, 0.717) is 5.56 Å². The van der Waals surface area contributed by atoms with Gasteiger partial charge in [0, 0.05) is 12.8 Å². The molecular formula is C14H13FN2O4. The Morgan fingerprint density at radius 2 is 2.10 bits per heavy atom. The van der Waals surface area contributed by atoms with Crippen molar-refractivity contribution >= 4 is 12.0 Å². The largest absolute Gasteiger partial charge is 0.354 e. The molecule has 0 amide bonds. The fourth-order valence-electron chi connectivity index (χ4n) is 2.19. The van der Waals surface area contributed by atoms with Gasteiger partial charge in [-0.1, -0.05) is 17.3 Å². The smallest absolute Gasteiger partial charge is 0.334 e. The van der Waals surface area contributed by atoms with Crippen molar-refractivity contribution in [1.82, 2.24) is 5.16 Å². The first kappa shape index (κ1) is 14.8. The second kappa shape index (κ2) is 6.25. The highest BCUT2D eigenvalue weighted by Crippen LogP contribution is 2.30. The summed E-state index contributed by atoms with van der Waals surface area (Å²) in [7, 11) is 0. The minimum Gasteiger partial charge on any atom is -0.354 e. The molecule has 0 saturated heterocycles. The first-order valence-corrected chi connectivity index (χ1v) is 6.31. The van der Waals surface area contributed by atoms with Crippen LogP contribution in [0.1, 0.15) is 29.4 Å². The van der Waals surface area contributed by atoms with Gasteiger partial charge < -0.3 is 9.32 Å².